The average Bonchev–Trinajstić information content (AvgIpc) is 3.02. The Morgan fingerprint density at radius 3 is 2.72 bits per heavy atom. The van der Waals surface area contributed by atoms with Crippen LogP contribution in [0.15, 0.2) is 40.8 Å². The third-order valence-corrected chi connectivity index (χ3v) is 3.57. The van der Waals surface area contributed by atoms with Crippen LogP contribution >= 0.6 is 11.6 Å². The summed E-state index contributed by atoms with van der Waals surface area (Å²) in [6.07, 6.45) is 0.658. The van der Waals surface area contributed by atoms with Crippen LogP contribution in [0.5, 0.6) is 0 Å². The molecule has 1 aliphatic carbocycles. The van der Waals surface area contributed by atoms with Gasteiger partial charge in [-0.15, -0.1) is 0 Å². The molecule has 0 bridgehead atoms. The molecule has 0 amide bonds. The fourth-order valence-electron chi connectivity index (χ4n) is 2.14. The predicted molar refractivity (Wildman–Crippen MR) is 67.6 cm³/mol. The molecule has 0 aliphatic heterocycles. The van der Waals surface area contributed by atoms with Gasteiger partial charge in [0.2, 0.25) is 0 Å². The van der Waals surface area contributed by atoms with Crippen LogP contribution in [0.1, 0.15) is 18.1 Å². The highest BCUT2D eigenvalue weighted by molar-refractivity contribution is 6.33. The lowest BCUT2D eigenvalue weighted by Crippen LogP contribution is -1.98. The SMILES string of the molecule is O=C(O)[C@H]1C[C@@H]1c1ccc(-c2ccccc2Cl)o1. The molecular weight excluding hydrogens is 252 g/mol. The zero-order chi connectivity index (χ0) is 12.7. The van der Waals surface area contributed by atoms with Crippen LogP contribution < -0.4 is 0 Å². The summed E-state index contributed by atoms with van der Waals surface area (Å²) in [4.78, 5) is 10.8. The Hall–Kier alpha value is -1.74. The van der Waals surface area contributed by atoms with E-state index in [1.54, 1.807) is 6.07 Å². The maximum atomic E-state index is 10.8. The monoisotopic (exact) mass is 262 g/mol. The normalized spacial score (nSPS) is 21.8. The molecule has 1 aliphatic rings. The van der Waals surface area contributed by atoms with Gasteiger partial charge in [0.05, 0.1) is 10.9 Å². The van der Waals surface area contributed by atoms with Crippen molar-refractivity contribution in [2.75, 3.05) is 0 Å². The molecule has 1 aromatic heterocycles. The summed E-state index contributed by atoms with van der Waals surface area (Å²) in [7, 11) is 0. The van der Waals surface area contributed by atoms with Gasteiger partial charge in [0.15, 0.2) is 0 Å². The number of aliphatic carboxylic acids is 1. The number of halogens is 1. The van der Waals surface area contributed by atoms with Crippen LogP contribution in [0.3, 0.4) is 0 Å². The van der Waals surface area contributed by atoms with E-state index in [9.17, 15) is 4.79 Å². The Morgan fingerprint density at radius 1 is 1.28 bits per heavy atom. The predicted octanol–water partition coefficient (Wildman–Crippen LogP) is 3.79. The van der Waals surface area contributed by atoms with E-state index in [1.165, 1.54) is 0 Å². The van der Waals surface area contributed by atoms with Crippen LogP contribution in [0.25, 0.3) is 11.3 Å². The fraction of sp³-hybridized carbons (Fsp3) is 0.214. The van der Waals surface area contributed by atoms with Gasteiger partial charge in [-0.05, 0) is 30.7 Å². The summed E-state index contributed by atoms with van der Waals surface area (Å²) in [5.41, 5.74) is 0.831. The standard InChI is InChI=1S/C14H11ClO3/c15-11-4-2-1-3-8(11)12-5-6-13(18-12)9-7-10(9)14(16)17/h1-6,9-10H,7H2,(H,16,17)/t9-,10-/m0/s1. The van der Waals surface area contributed by atoms with Gasteiger partial charge in [-0.3, -0.25) is 4.79 Å². The molecule has 2 aromatic rings. The summed E-state index contributed by atoms with van der Waals surface area (Å²) in [6, 6.07) is 11.1. The minimum Gasteiger partial charge on any atom is -0.481 e. The third-order valence-electron chi connectivity index (χ3n) is 3.24. The lowest BCUT2D eigenvalue weighted by Gasteiger charge is -1.99. The molecule has 1 heterocycles. The highest BCUT2D eigenvalue weighted by atomic mass is 35.5. The van der Waals surface area contributed by atoms with E-state index in [-0.39, 0.29) is 11.8 Å². The first-order valence-corrected chi connectivity index (χ1v) is 6.12. The second kappa shape index (κ2) is 4.18. The molecule has 18 heavy (non-hydrogen) atoms. The highest BCUT2D eigenvalue weighted by Gasteiger charge is 2.46. The molecule has 0 unspecified atom stereocenters. The van der Waals surface area contributed by atoms with Crippen LogP contribution in [-0.4, -0.2) is 11.1 Å². The second-order valence-electron chi connectivity index (χ2n) is 4.47. The number of carboxylic acids is 1. The summed E-state index contributed by atoms with van der Waals surface area (Å²) in [6.45, 7) is 0. The first kappa shape index (κ1) is 11.4. The van der Waals surface area contributed by atoms with E-state index in [2.05, 4.69) is 0 Å². The van der Waals surface area contributed by atoms with Gasteiger partial charge in [0.25, 0.3) is 0 Å². The van der Waals surface area contributed by atoms with Crippen LogP contribution in [0.4, 0.5) is 0 Å². The van der Waals surface area contributed by atoms with Crippen molar-refractivity contribution in [1.82, 2.24) is 0 Å². The number of carboxylic acid groups (broad SMARTS) is 1. The van der Waals surface area contributed by atoms with E-state index in [4.69, 9.17) is 21.1 Å². The van der Waals surface area contributed by atoms with Gasteiger partial charge in [0.1, 0.15) is 11.5 Å². The zero-order valence-electron chi connectivity index (χ0n) is 9.47. The Kier molecular flexibility index (Phi) is 2.63. The second-order valence-corrected chi connectivity index (χ2v) is 4.88. The topological polar surface area (TPSA) is 50.4 Å². The fourth-order valence-corrected chi connectivity index (χ4v) is 2.37. The van der Waals surface area contributed by atoms with E-state index >= 15 is 0 Å². The number of hydrogen-bond acceptors (Lipinski definition) is 2. The molecule has 0 radical (unpaired) electrons. The van der Waals surface area contributed by atoms with Crippen molar-refractivity contribution in [2.45, 2.75) is 12.3 Å². The molecule has 3 nitrogen and oxygen atoms in total. The van der Waals surface area contributed by atoms with Crippen molar-refractivity contribution in [2.24, 2.45) is 5.92 Å². The van der Waals surface area contributed by atoms with Crippen molar-refractivity contribution in [3.63, 3.8) is 0 Å². The van der Waals surface area contributed by atoms with E-state index in [1.807, 2.05) is 30.3 Å². The van der Waals surface area contributed by atoms with Crippen molar-refractivity contribution in [1.29, 1.82) is 0 Å². The van der Waals surface area contributed by atoms with Gasteiger partial charge < -0.3 is 9.52 Å². The van der Waals surface area contributed by atoms with Gasteiger partial charge >= 0.3 is 5.97 Å². The summed E-state index contributed by atoms with van der Waals surface area (Å²) in [5.74, 6) is 0.383. The molecule has 92 valence electrons. The largest absolute Gasteiger partial charge is 0.481 e. The molecule has 2 atom stereocenters. The van der Waals surface area contributed by atoms with Crippen LogP contribution in [0, 0.1) is 5.92 Å². The maximum absolute atomic E-state index is 10.8. The summed E-state index contributed by atoms with van der Waals surface area (Å²) in [5, 5.41) is 9.52. The molecule has 3 rings (SSSR count). The lowest BCUT2D eigenvalue weighted by atomic mass is 10.2. The quantitative estimate of drug-likeness (QED) is 0.916. The van der Waals surface area contributed by atoms with Gasteiger partial charge in [-0.1, -0.05) is 23.7 Å². The Bertz CT molecular complexity index is 603. The lowest BCUT2D eigenvalue weighted by molar-refractivity contribution is -0.138. The Balaban J connectivity index is 1.87. The van der Waals surface area contributed by atoms with Gasteiger partial charge in [0, 0.05) is 11.5 Å². The summed E-state index contributed by atoms with van der Waals surface area (Å²) >= 11 is 6.09. The third kappa shape index (κ3) is 1.91. The molecule has 1 saturated carbocycles. The molecule has 1 aromatic carbocycles. The van der Waals surface area contributed by atoms with Gasteiger partial charge in [-0.2, -0.15) is 0 Å². The molecule has 0 spiro atoms. The minimum absolute atomic E-state index is 0.0127. The average molecular weight is 263 g/mol. The zero-order valence-corrected chi connectivity index (χ0v) is 10.2. The van der Waals surface area contributed by atoms with Crippen LogP contribution in [0.2, 0.25) is 5.02 Å². The first-order valence-electron chi connectivity index (χ1n) is 5.74. The van der Waals surface area contributed by atoms with Crippen LogP contribution in [-0.2, 0) is 4.79 Å². The molecule has 0 saturated heterocycles. The number of furan rings is 1. The minimum atomic E-state index is -0.754. The van der Waals surface area contributed by atoms with Crippen molar-refractivity contribution >= 4 is 17.6 Å². The Morgan fingerprint density at radius 2 is 2.06 bits per heavy atom. The van der Waals surface area contributed by atoms with Gasteiger partial charge in [-0.25, -0.2) is 0 Å². The number of carbonyl (C=O) groups is 1. The molecule has 1 N–H and O–H groups in total. The van der Waals surface area contributed by atoms with Crippen molar-refractivity contribution in [3.8, 4) is 11.3 Å². The highest BCUT2D eigenvalue weighted by Crippen LogP contribution is 2.48. The molecule has 1 fully saturated rings. The van der Waals surface area contributed by atoms with E-state index in [0.717, 1.165) is 11.3 Å². The smallest absolute Gasteiger partial charge is 0.307 e. The molecular formula is C14H11ClO3. The molecule has 4 heteroatoms. The van der Waals surface area contributed by atoms with Crippen molar-refractivity contribution in [3.05, 3.63) is 47.2 Å². The Labute approximate surface area is 109 Å². The summed E-state index contributed by atoms with van der Waals surface area (Å²) < 4.78 is 5.71. The van der Waals surface area contributed by atoms with E-state index < -0.39 is 5.97 Å². The van der Waals surface area contributed by atoms with Crippen molar-refractivity contribution < 1.29 is 14.3 Å². The number of hydrogen-bond donors (Lipinski definition) is 1. The number of rotatable bonds is 3. The van der Waals surface area contributed by atoms with E-state index in [0.29, 0.717) is 17.2 Å². The first-order chi connectivity index (χ1) is 8.66. The number of benzene rings is 1. The maximum Gasteiger partial charge on any atom is 0.307 e.